The minimum absolute atomic E-state index is 0.00545. The lowest BCUT2D eigenvalue weighted by molar-refractivity contribution is -0.118. The zero-order valence-corrected chi connectivity index (χ0v) is 23.5. The smallest absolute Gasteiger partial charge is 0.407 e. The van der Waals surface area contributed by atoms with Crippen LogP contribution in [0, 0.1) is 0 Å². The van der Waals surface area contributed by atoms with E-state index in [1.807, 2.05) is 58.0 Å². The number of nitrogens with one attached hydrogen (secondary N) is 2. The molecule has 0 fully saturated rings. The summed E-state index contributed by atoms with van der Waals surface area (Å²) in [6, 6.07) is 12.8. The maximum atomic E-state index is 12.7. The number of rotatable bonds is 12. The van der Waals surface area contributed by atoms with Crippen molar-refractivity contribution in [3.05, 3.63) is 53.6 Å². The molecule has 0 saturated heterocycles. The van der Waals surface area contributed by atoms with E-state index in [9.17, 15) is 14.4 Å². The molecule has 1 aliphatic heterocycles. The molecule has 9 nitrogen and oxygen atoms in total. The molecule has 39 heavy (non-hydrogen) atoms. The number of hydrogen-bond acceptors (Lipinski definition) is 6. The highest BCUT2D eigenvalue weighted by atomic mass is 16.6. The topological polar surface area (TPSA) is 106 Å². The van der Waals surface area contributed by atoms with E-state index in [-0.39, 0.29) is 11.8 Å². The van der Waals surface area contributed by atoms with Crippen molar-refractivity contribution in [2.75, 3.05) is 31.2 Å². The molecule has 3 rings (SSSR count). The number of amides is 3. The predicted molar refractivity (Wildman–Crippen MR) is 150 cm³/mol. The van der Waals surface area contributed by atoms with Crippen LogP contribution in [0.2, 0.25) is 0 Å². The second kappa shape index (κ2) is 14.4. The van der Waals surface area contributed by atoms with Gasteiger partial charge in [-0.1, -0.05) is 31.9 Å². The van der Waals surface area contributed by atoms with E-state index in [1.54, 1.807) is 17.0 Å². The number of carbonyl (C=O) groups excluding carboxylic acids is 3. The highest BCUT2D eigenvalue weighted by molar-refractivity contribution is 5.95. The van der Waals surface area contributed by atoms with Crippen LogP contribution in [-0.2, 0) is 16.1 Å². The van der Waals surface area contributed by atoms with Gasteiger partial charge in [0.05, 0.1) is 6.54 Å². The first-order valence-corrected chi connectivity index (χ1v) is 13.7. The lowest BCUT2D eigenvalue weighted by Crippen LogP contribution is -2.33. The maximum Gasteiger partial charge on any atom is 0.407 e. The van der Waals surface area contributed by atoms with Crippen molar-refractivity contribution in [3.63, 3.8) is 0 Å². The molecular formula is C30H41N3O6. The quantitative estimate of drug-likeness (QED) is 0.359. The molecule has 9 heteroatoms. The average Bonchev–Trinajstić information content (AvgIpc) is 2.91. The van der Waals surface area contributed by atoms with E-state index in [0.717, 1.165) is 36.9 Å². The summed E-state index contributed by atoms with van der Waals surface area (Å²) in [4.78, 5) is 38.6. The molecule has 0 bridgehead atoms. The summed E-state index contributed by atoms with van der Waals surface area (Å²) < 4.78 is 16.5. The molecule has 2 aromatic carbocycles. The van der Waals surface area contributed by atoms with E-state index in [1.165, 1.54) is 0 Å². The lowest BCUT2D eigenvalue weighted by Gasteiger charge is -2.25. The van der Waals surface area contributed by atoms with Crippen molar-refractivity contribution in [2.45, 2.75) is 71.9 Å². The zero-order valence-electron chi connectivity index (χ0n) is 23.5. The van der Waals surface area contributed by atoms with Gasteiger partial charge in [0.1, 0.15) is 18.8 Å². The molecule has 2 N–H and O–H groups in total. The number of alkyl carbamates (subject to hydrolysis) is 1. The Kier molecular flexibility index (Phi) is 11.0. The van der Waals surface area contributed by atoms with Crippen LogP contribution >= 0.6 is 0 Å². The minimum Gasteiger partial charge on any atom is -0.486 e. The molecule has 0 radical (unpaired) electrons. The van der Waals surface area contributed by atoms with Crippen molar-refractivity contribution in [1.29, 1.82) is 0 Å². The molecular weight excluding hydrogens is 498 g/mol. The molecule has 2 aromatic rings. The summed E-state index contributed by atoms with van der Waals surface area (Å²) in [5, 5.41) is 5.71. The fourth-order valence-corrected chi connectivity index (χ4v) is 4.07. The Morgan fingerprint density at radius 2 is 1.51 bits per heavy atom. The second-order valence-electron chi connectivity index (χ2n) is 10.5. The summed E-state index contributed by atoms with van der Waals surface area (Å²) >= 11 is 0. The molecule has 212 valence electrons. The summed E-state index contributed by atoms with van der Waals surface area (Å²) in [5.41, 5.74) is 1.75. The lowest BCUT2D eigenvalue weighted by atomic mass is 10.1. The molecule has 0 spiro atoms. The molecule has 0 aromatic heterocycles. The van der Waals surface area contributed by atoms with Crippen LogP contribution in [0.3, 0.4) is 0 Å². The van der Waals surface area contributed by atoms with Crippen LogP contribution in [0.15, 0.2) is 42.5 Å². The van der Waals surface area contributed by atoms with Gasteiger partial charge < -0.3 is 29.7 Å². The van der Waals surface area contributed by atoms with Gasteiger partial charge in [0.15, 0.2) is 11.5 Å². The molecule has 0 atom stereocenters. The van der Waals surface area contributed by atoms with E-state index in [4.69, 9.17) is 14.2 Å². The van der Waals surface area contributed by atoms with Crippen LogP contribution in [0.25, 0.3) is 0 Å². The van der Waals surface area contributed by atoms with Crippen molar-refractivity contribution in [2.24, 2.45) is 0 Å². The highest BCUT2D eigenvalue weighted by Crippen LogP contribution is 2.34. The minimum atomic E-state index is -0.495. The fraction of sp³-hybridized carbons (Fsp3) is 0.500. The first kappa shape index (κ1) is 29.8. The van der Waals surface area contributed by atoms with E-state index in [0.29, 0.717) is 56.3 Å². The Hall–Kier alpha value is -3.75. The summed E-state index contributed by atoms with van der Waals surface area (Å²) in [5.74, 6) is 1.19. The molecule has 3 amide bonds. The Balaban J connectivity index is 1.41. The van der Waals surface area contributed by atoms with Crippen molar-refractivity contribution < 1.29 is 28.6 Å². The third-order valence-electron chi connectivity index (χ3n) is 6.06. The van der Waals surface area contributed by atoms with Gasteiger partial charge in [-0.2, -0.15) is 0 Å². The van der Waals surface area contributed by atoms with Gasteiger partial charge in [0, 0.05) is 36.8 Å². The monoisotopic (exact) mass is 539 g/mol. The van der Waals surface area contributed by atoms with Gasteiger partial charge >= 0.3 is 6.09 Å². The number of nitrogens with zero attached hydrogens (tertiary/aromatic N) is 1. The van der Waals surface area contributed by atoms with Gasteiger partial charge in [0.25, 0.3) is 5.91 Å². The molecule has 0 unspecified atom stereocenters. The van der Waals surface area contributed by atoms with Crippen LogP contribution in [-0.4, -0.2) is 49.8 Å². The predicted octanol–water partition coefficient (Wildman–Crippen LogP) is 5.22. The Labute approximate surface area is 231 Å². The highest BCUT2D eigenvalue weighted by Gasteiger charge is 2.19. The maximum absolute atomic E-state index is 12.7. The molecule has 1 aliphatic rings. The third kappa shape index (κ3) is 9.81. The third-order valence-corrected chi connectivity index (χ3v) is 6.06. The SMILES string of the molecule is CCC(=O)N(Cc1ccc(C(=O)NCCCCCCNC(=O)OC(C)(C)C)cc1)c1ccc2c(c1)OCCO2. The normalized spacial score (nSPS) is 12.4. The number of ether oxygens (including phenoxy) is 3. The summed E-state index contributed by atoms with van der Waals surface area (Å²) in [6.45, 7) is 9.88. The van der Waals surface area contributed by atoms with E-state index < -0.39 is 11.7 Å². The number of fused-ring (bicyclic) bond motifs is 1. The Morgan fingerprint density at radius 3 is 2.15 bits per heavy atom. The summed E-state index contributed by atoms with van der Waals surface area (Å²) in [7, 11) is 0. The average molecular weight is 540 g/mol. The van der Waals surface area contributed by atoms with E-state index >= 15 is 0 Å². The van der Waals surface area contributed by atoms with Crippen molar-refractivity contribution >= 4 is 23.6 Å². The Morgan fingerprint density at radius 1 is 0.872 bits per heavy atom. The second-order valence-corrected chi connectivity index (χ2v) is 10.5. The standard InChI is InChI=1S/C30H41N3O6/c1-5-27(34)33(24-14-15-25-26(20-24)38-19-18-37-25)21-22-10-12-23(13-11-22)28(35)31-16-8-6-7-9-17-32-29(36)39-30(2,3)4/h10-15,20H,5-9,16-19,21H2,1-4H3,(H,31,35)(H,32,36). The van der Waals surface area contributed by atoms with Gasteiger partial charge in [-0.05, 0) is 63.4 Å². The number of anilines is 1. The van der Waals surface area contributed by atoms with Crippen molar-refractivity contribution in [3.8, 4) is 11.5 Å². The molecule has 1 heterocycles. The van der Waals surface area contributed by atoms with Gasteiger partial charge in [-0.15, -0.1) is 0 Å². The first-order valence-electron chi connectivity index (χ1n) is 13.7. The number of unbranched alkanes of at least 4 members (excludes halogenated alkanes) is 3. The van der Waals surface area contributed by atoms with Crippen LogP contribution in [0.1, 0.15) is 75.7 Å². The van der Waals surface area contributed by atoms with Crippen LogP contribution in [0.4, 0.5) is 10.5 Å². The largest absolute Gasteiger partial charge is 0.486 e. The van der Waals surface area contributed by atoms with E-state index in [2.05, 4.69) is 10.6 Å². The number of carbonyl (C=O) groups is 3. The number of benzene rings is 2. The fourth-order valence-electron chi connectivity index (χ4n) is 4.07. The van der Waals surface area contributed by atoms with Gasteiger partial charge in [0.2, 0.25) is 5.91 Å². The van der Waals surface area contributed by atoms with Crippen molar-refractivity contribution in [1.82, 2.24) is 10.6 Å². The summed E-state index contributed by atoms with van der Waals surface area (Å²) in [6.07, 6.45) is 3.61. The molecule has 0 saturated carbocycles. The number of hydrogen-bond donors (Lipinski definition) is 2. The van der Waals surface area contributed by atoms with Crippen LogP contribution in [0.5, 0.6) is 11.5 Å². The van der Waals surface area contributed by atoms with Gasteiger partial charge in [-0.25, -0.2) is 4.79 Å². The van der Waals surface area contributed by atoms with Crippen LogP contribution < -0.4 is 25.0 Å². The Bertz CT molecular complexity index is 1110. The zero-order chi connectivity index (χ0) is 28.3. The molecule has 0 aliphatic carbocycles. The van der Waals surface area contributed by atoms with Gasteiger partial charge in [-0.3, -0.25) is 9.59 Å². The first-order chi connectivity index (χ1) is 18.7.